The van der Waals surface area contributed by atoms with E-state index in [1.807, 2.05) is 20.8 Å². The summed E-state index contributed by atoms with van der Waals surface area (Å²) in [6, 6.07) is 6.13. The van der Waals surface area contributed by atoms with Crippen LogP contribution in [0.4, 0.5) is 10.1 Å². The molecule has 0 aromatic heterocycles. The summed E-state index contributed by atoms with van der Waals surface area (Å²) in [6.07, 6.45) is -0.728. The molecular formula is C14H19FN2O2. The standard InChI is InChI=1S/C14H19FN2O2/c1-14(2,3)19-9-10(18)8-17-13-6-4-5-12(15)11(13)7-16/h4-6,10,17-18H,8-9H2,1-3H3. The summed E-state index contributed by atoms with van der Waals surface area (Å²) < 4.78 is 18.8. The van der Waals surface area contributed by atoms with Crippen LogP contribution in [0, 0.1) is 17.1 Å². The van der Waals surface area contributed by atoms with Crippen molar-refractivity contribution < 1.29 is 14.2 Å². The number of benzene rings is 1. The Morgan fingerprint density at radius 2 is 2.16 bits per heavy atom. The lowest BCUT2D eigenvalue weighted by Gasteiger charge is -2.22. The van der Waals surface area contributed by atoms with Crippen molar-refractivity contribution in [1.82, 2.24) is 0 Å². The van der Waals surface area contributed by atoms with Gasteiger partial charge in [-0.25, -0.2) is 4.39 Å². The number of aliphatic hydroxyl groups excluding tert-OH is 1. The van der Waals surface area contributed by atoms with Gasteiger partial charge in [0.1, 0.15) is 17.4 Å². The molecule has 0 aliphatic rings. The van der Waals surface area contributed by atoms with E-state index in [9.17, 15) is 9.50 Å². The Labute approximate surface area is 112 Å². The fraction of sp³-hybridized carbons (Fsp3) is 0.500. The highest BCUT2D eigenvalue weighted by Crippen LogP contribution is 2.17. The highest BCUT2D eigenvalue weighted by atomic mass is 19.1. The van der Waals surface area contributed by atoms with E-state index < -0.39 is 11.9 Å². The first-order valence-corrected chi connectivity index (χ1v) is 6.08. The minimum absolute atomic E-state index is 0.0496. The van der Waals surface area contributed by atoms with Gasteiger partial charge in [-0.15, -0.1) is 0 Å². The van der Waals surface area contributed by atoms with Gasteiger partial charge in [0, 0.05) is 6.54 Å². The average molecular weight is 266 g/mol. The predicted octanol–water partition coefficient (Wildman–Crippen LogP) is 2.29. The maximum Gasteiger partial charge on any atom is 0.143 e. The van der Waals surface area contributed by atoms with E-state index in [0.29, 0.717) is 5.69 Å². The van der Waals surface area contributed by atoms with E-state index in [4.69, 9.17) is 10.00 Å². The van der Waals surface area contributed by atoms with Gasteiger partial charge in [-0.3, -0.25) is 0 Å². The van der Waals surface area contributed by atoms with Crippen molar-refractivity contribution in [2.75, 3.05) is 18.5 Å². The monoisotopic (exact) mass is 266 g/mol. The first-order valence-electron chi connectivity index (χ1n) is 6.08. The fourth-order valence-corrected chi connectivity index (χ4v) is 1.42. The van der Waals surface area contributed by atoms with Gasteiger partial charge in [0.05, 0.1) is 24.0 Å². The number of halogens is 1. The minimum Gasteiger partial charge on any atom is -0.389 e. The van der Waals surface area contributed by atoms with E-state index in [-0.39, 0.29) is 24.3 Å². The highest BCUT2D eigenvalue weighted by molar-refractivity contribution is 5.57. The van der Waals surface area contributed by atoms with Crippen molar-refractivity contribution in [3.05, 3.63) is 29.6 Å². The lowest BCUT2D eigenvalue weighted by atomic mass is 10.1. The van der Waals surface area contributed by atoms with Gasteiger partial charge in [0.2, 0.25) is 0 Å². The number of aliphatic hydroxyl groups is 1. The zero-order valence-corrected chi connectivity index (χ0v) is 11.4. The van der Waals surface area contributed by atoms with E-state index in [0.717, 1.165) is 0 Å². The SMILES string of the molecule is CC(C)(C)OCC(O)CNc1cccc(F)c1C#N. The topological polar surface area (TPSA) is 65.3 Å². The van der Waals surface area contributed by atoms with Gasteiger partial charge < -0.3 is 15.2 Å². The number of rotatable bonds is 5. The lowest BCUT2D eigenvalue weighted by molar-refractivity contribution is -0.0449. The number of ether oxygens (including phenoxy) is 1. The van der Waals surface area contributed by atoms with Crippen LogP contribution in [0.2, 0.25) is 0 Å². The second kappa shape index (κ2) is 6.50. The van der Waals surface area contributed by atoms with Crippen LogP contribution in [0.1, 0.15) is 26.3 Å². The van der Waals surface area contributed by atoms with Crippen LogP contribution in [-0.2, 0) is 4.74 Å². The van der Waals surface area contributed by atoms with Crippen LogP contribution in [0.5, 0.6) is 0 Å². The van der Waals surface area contributed by atoms with E-state index in [1.54, 1.807) is 12.1 Å². The van der Waals surface area contributed by atoms with E-state index in [1.165, 1.54) is 12.1 Å². The van der Waals surface area contributed by atoms with Crippen LogP contribution in [0.15, 0.2) is 18.2 Å². The Morgan fingerprint density at radius 1 is 1.47 bits per heavy atom. The second-order valence-electron chi connectivity index (χ2n) is 5.23. The summed E-state index contributed by atoms with van der Waals surface area (Å²) >= 11 is 0. The molecule has 19 heavy (non-hydrogen) atoms. The number of nitrogens with zero attached hydrogens (tertiary/aromatic N) is 1. The molecule has 0 aliphatic carbocycles. The zero-order chi connectivity index (χ0) is 14.5. The van der Waals surface area contributed by atoms with Gasteiger partial charge in [0.15, 0.2) is 0 Å². The van der Waals surface area contributed by atoms with Gasteiger partial charge >= 0.3 is 0 Å². The second-order valence-corrected chi connectivity index (χ2v) is 5.23. The van der Waals surface area contributed by atoms with Crippen molar-refractivity contribution in [3.63, 3.8) is 0 Å². The lowest BCUT2D eigenvalue weighted by Crippen LogP contribution is -2.30. The Balaban J connectivity index is 2.54. The zero-order valence-electron chi connectivity index (χ0n) is 11.4. The Bertz CT molecular complexity index is 463. The molecule has 1 aromatic carbocycles. The molecule has 5 heteroatoms. The maximum atomic E-state index is 13.3. The molecule has 0 amide bonds. The maximum absolute atomic E-state index is 13.3. The number of hydrogen-bond acceptors (Lipinski definition) is 4. The molecule has 104 valence electrons. The number of nitriles is 1. The van der Waals surface area contributed by atoms with Gasteiger partial charge in [-0.05, 0) is 32.9 Å². The summed E-state index contributed by atoms with van der Waals surface area (Å²) in [5.74, 6) is -0.576. The first kappa shape index (κ1) is 15.4. The van der Waals surface area contributed by atoms with Crippen molar-refractivity contribution in [3.8, 4) is 6.07 Å². The number of nitrogens with one attached hydrogen (secondary N) is 1. The fourth-order valence-electron chi connectivity index (χ4n) is 1.42. The van der Waals surface area contributed by atoms with Crippen LogP contribution in [0.3, 0.4) is 0 Å². The van der Waals surface area contributed by atoms with Crippen molar-refractivity contribution in [2.45, 2.75) is 32.5 Å². The Kier molecular flexibility index (Phi) is 5.28. The third kappa shape index (κ3) is 5.25. The predicted molar refractivity (Wildman–Crippen MR) is 71.3 cm³/mol. The molecular weight excluding hydrogens is 247 g/mol. The quantitative estimate of drug-likeness (QED) is 0.858. The van der Waals surface area contributed by atoms with Crippen LogP contribution < -0.4 is 5.32 Å². The summed E-state index contributed by atoms with van der Waals surface area (Å²) in [7, 11) is 0. The summed E-state index contributed by atoms with van der Waals surface area (Å²) in [5, 5.41) is 21.4. The number of hydrogen-bond donors (Lipinski definition) is 2. The molecule has 1 atom stereocenters. The first-order chi connectivity index (χ1) is 8.83. The molecule has 0 saturated heterocycles. The molecule has 0 bridgehead atoms. The molecule has 1 unspecified atom stereocenters. The van der Waals surface area contributed by atoms with Crippen molar-refractivity contribution >= 4 is 5.69 Å². The molecule has 1 aromatic rings. The average Bonchev–Trinajstić information content (AvgIpc) is 2.33. The molecule has 0 fully saturated rings. The molecule has 0 saturated carbocycles. The third-order valence-electron chi connectivity index (χ3n) is 2.36. The van der Waals surface area contributed by atoms with Crippen molar-refractivity contribution in [1.29, 1.82) is 5.26 Å². The third-order valence-corrected chi connectivity index (χ3v) is 2.36. The van der Waals surface area contributed by atoms with Gasteiger partial charge in [-0.2, -0.15) is 5.26 Å². The molecule has 2 N–H and O–H groups in total. The largest absolute Gasteiger partial charge is 0.389 e. The summed E-state index contributed by atoms with van der Waals surface area (Å²) in [6.45, 7) is 6.05. The summed E-state index contributed by atoms with van der Waals surface area (Å²) in [5.41, 5.74) is 0.00114. The normalized spacial score (nSPS) is 12.8. The molecule has 0 radical (unpaired) electrons. The highest BCUT2D eigenvalue weighted by Gasteiger charge is 2.14. The number of anilines is 1. The van der Waals surface area contributed by atoms with E-state index >= 15 is 0 Å². The minimum atomic E-state index is -0.728. The smallest absolute Gasteiger partial charge is 0.143 e. The van der Waals surface area contributed by atoms with E-state index in [2.05, 4.69) is 5.32 Å². The molecule has 0 spiro atoms. The van der Waals surface area contributed by atoms with Crippen LogP contribution in [0.25, 0.3) is 0 Å². The molecule has 1 rings (SSSR count). The van der Waals surface area contributed by atoms with Crippen LogP contribution in [-0.4, -0.2) is 30.0 Å². The van der Waals surface area contributed by atoms with Crippen molar-refractivity contribution in [2.24, 2.45) is 0 Å². The van der Waals surface area contributed by atoms with Gasteiger partial charge in [-0.1, -0.05) is 6.07 Å². The van der Waals surface area contributed by atoms with Gasteiger partial charge in [0.25, 0.3) is 0 Å². The van der Waals surface area contributed by atoms with Crippen LogP contribution >= 0.6 is 0 Å². The molecule has 0 aliphatic heterocycles. The Hall–Kier alpha value is -1.64. The molecule has 0 heterocycles. The summed E-state index contributed by atoms with van der Waals surface area (Å²) in [4.78, 5) is 0. The Morgan fingerprint density at radius 3 is 2.74 bits per heavy atom. The molecule has 4 nitrogen and oxygen atoms in total.